The Labute approximate surface area is 196 Å². The van der Waals surface area contributed by atoms with E-state index in [1.165, 1.54) is 44.4 Å². The third-order valence-corrected chi connectivity index (χ3v) is 7.01. The predicted molar refractivity (Wildman–Crippen MR) is 124 cm³/mol. The standard InChI is InChI=1S/C23H21ClFN3O4S/c1-26-22(29)16-5-3-4-15(12-16)14-27-23(30)20-13-19(10-11-21(20)24)33(31,32)28(2)18-8-6-17(25)7-9-18/h3-13H,14H2,1-2H3,(H,26,29)(H,27,30). The number of benzene rings is 3. The summed E-state index contributed by atoms with van der Waals surface area (Å²) in [6.07, 6.45) is 0. The van der Waals surface area contributed by atoms with Crippen LogP contribution in [-0.2, 0) is 16.6 Å². The second kappa shape index (κ2) is 10.0. The molecule has 0 bridgehead atoms. The Kier molecular flexibility index (Phi) is 7.35. The van der Waals surface area contributed by atoms with Crippen LogP contribution in [0.5, 0.6) is 0 Å². The normalized spacial score (nSPS) is 11.0. The first-order valence-electron chi connectivity index (χ1n) is 9.76. The molecule has 10 heteroatoms. The number of anilines is 1. The zero-order valence-electron chi connectivity index (χ0n) is 17.8. The van der Waals surface area contributed by atoms with E-state index in [0.717, 1.165) is 16.4 Å². The van der Waals surface area contributed by atoms with Gasteiger partial charge in [0.15, 0.2) is 0 Å². The molecule has 0 aliphatic heterocycles. The van der Waals surface area contributed by atoms with Gasteiger partial charge < -0.3 is 10.6 Å². The van der Waals surface area contributed by atoms with Gasteiger partial charge in [0.05, 0.1) is 21.2 Å². The molecule has 33 heavy (non-hydrogen) atoms. The molecule has 0 saturated carbocycles. The summed E-state index contributed by atoms with van der Waals surface area (Å²) in [5.41, 5.74) is 1.36. The molecular weight excluding hydrogens is 469 g/mol. The van der Waals surface area contributed by atoms with Gasteiger partial charge in [0.2, 0.25) is 0 Å². The van der Waals surface area contributed by atoms with E-state index in [1.54, 1.807) is 24.3 Å². The first-order chi connectivity index (χ1) is 15.6. The Bertz CT molecular complexity index is 1300. The average Bonchev–Trinajstić information content (AvgIpc) is 2.82. The molecular formula is C23H21ClFN3O4S. The third kappa shape index (κ3) is 5.50. The fourth-order valence-corrected chi connectivity index (χ4v) is 4.46. The summed E-state index contributed by atoms with van der Waals surface area (Å²) in [6.45, 7) is 0.104. The Morgan fingerprint density at radius 3 is 2.36 bits per heavy atom. The lowest BCUT2D eigenvalue weighted by Gasteiger charge is -2.20. The number of nitrogens with zero attached hydrogens (tertiary/aromatic N) is 1. The molecule has 0 aliphatic rings. The van der Waals surface area contributed by atoms with Crippen molar-refractivity contribution in [3.05, 3.63) is 94.3 Å². The number of nitrogens with one attached hydrogen (secondary N) is 2. The van der Waals surface area contributed by atoms with Gasteiger partial charge in [0, 0.05) is 26.2 Å². The van der Waals surface area contributed by atoms with Crippen LogP contribution in [0.4, 0.5) is 10.1 Å². The molecule has 0 spiro atoms. The molecule has 0 saturated heterocycles. The minimum atomic E-state index is -4.04. The predicted octanol–water partition coefficient (Wildman–Crippen LogP) is 3.59. The number of sulfonamides is 1. The average molecular weight is 490 g/mol. The van der Waals surface area contributed by atoms with Crippen LogP contribution in [0, 0.1) is 5.82 Å². The van der Waals surface area contributed by atoms with Crippen LogP contribution in [0.25, 0.3) is 0 Å². The molecule has 2 amide bonds. The number of rotatable bonds is 7. The number of hydrogen-bond donors (Lipinski definition) is 2. The summed E-state index contributed by atoms with van der Waals surface area (Å²) in [6, 6.07) is 15.5. The van der Waals surface area contributed by atoms with Crippen molar-refractivity contribution in [2.24, 2.45) is 0 Å². The van der Waals surface area contributed by atoms with Crippen molar-refractivity contribution in [1.82, 2.24) is 10.6 Å². The van der Waals surface area contributed by atoms with Crippen LogP contribution in [0.3, 0.4) is 0 Å². The van der Waals surface area contributed by atoms with Crippen LogP contribution in [0.15, 0.2) is 71.6 Å². The maximum absolute atomic E-state index is 13.2. The summed E-state index contributed by atoms with van der Waals surface area (Å²) in [4.78, 5) is 24.4. The van der Waals surface area contributed by atoms with Gasteiger partial charge in [-0.05, 0) is 60.2 Å². The van der Waals surface area contributed by atoms with E-state index in [-0.39, 0.29) is 33.6 Å². The maximum Gasteiger partial charge on any atom is 0.264 e. The van der Waals surface area contributed by atoms with Gasteiger partial charge in [-0.25, -0.2) is 12.8 Å². The van der Waals surface area contributed by atoms with Crippen LogP contribution in [-0.4, -0.2) is 34.3 Å². The minimum Gasteiger partial charge on any atom is -0.355 e. The van der Waals surface area contributed by atoms with Crippen molar-refractivity contribution in [2.75, 3.05) is 18.4 Å². The quantitative estimate of drug-likeness (QED) is 0.530. The van der Waals surface area contributed by atoms with E-state index in [0.29, 0.717) is 11.1 Å². The number of carbonyl (C=O) groups excluding carboxylic acids is 2. The highest BCUT2D eigenvalue weighted by Gasteiger charge is 2.24. The van der Waals surface area contributed by atoms with Crippen LogP contribution in [0.1, 0.15) is 26.3 Å². The van der Waals surface area contributed by atoms with E-state index in [1.807, 2.05) is 0 Å². The SMILES string of the molecule is CNC(=O)c1cccc(CNC(=O)c2cc(S(=O)(=O)N(C)c3ccc(F)cc3)ccc2Cl)c1. The summed E-state index contributed by atoms with van der Waals surface area (Å²) in [5, 5.41) is 5.29. The van der Waals surface area contributed by atoms with Crippen molar-refractivity contribution >= 4 is 39.1 Å². The second-order valence-electron chi connectivity index (χ2n) is 7.05. The molecule has 0 radical (unpaired) electrons. The number of halogens is 2. The zero-order valence-corrected chi connectivity index (χ0v) is 19.4. The van der Waals surface area contributed by atoms with Crippen LogP contribution in [0.2, 0.25) is 5.02 Å². The lowest BCUT2D eigenvalue weighted by molar-refractivity contribution is 0.0948. The van der Waals surface area contributed by atoms with Gasteiger partial charge in [0.1, 0.15) is 5.82 Å². The lowest BCUT2D eigenvalue weighted by Crippen LogP contribution is -2.28. The fourth-order valence-electron chi connectivity index (χ4n) is 3.03. The lowest BCUT2D eigenvalue weighted by atomic mass is 10.1. The smallest absolute Gasteiger partial charge is 0.264 e. The molecule has 0 atom stereocenters. The highest BCUT2D eigenvalue weighted by molar-refractivity contribution is 7.92. The topological polar surface area (TPSA) is 95.6 Å². The molecule has 0 fully saturated rings. The molecule has 3 rings (SSSR count). The van der Waals surface area contributed by atoms with E-state index >= 15 is 0 Å². The first-order valence-corrected chi connectivity index (χ1v) is 11.6. The second-order valence-corrected chi connectivity index (χ2v) is 9.43. The largest absolute Gasteiger partial charge is 0.355 e. The van der Waals surface area contributed by atoms with Gasteiger partial charge in [0.25, 0.3) is 21.8 Å². The van der Waals surface area contributed by atoms with Gasteiger partial charge in [-0.2, -0.15) is 0 Å². The monoisotopic (exact) mass is 489 g/mol. The first kappa shape index (κ1) is 24.2. The maximum atomic E-state index is 13.2. The van der Waals surface area contributed by atoms with Crippen LogP contribution >= 0.6 is 11.6 Å². The Balaban J connectivity index is 1.81. The van der Waals surface area contributed by atoms with Crippen molar-refractivity contribution in [2.45, 2.75) is 11.4 Å². The highest BCUT2D eigenvalue weighted by Crippen LogP contribution is 2.26. The highest BCUT2D eigenvalue weighted by atomic mass is 35.5. The molecule has 0 aliphatic carbocycles. The number of carbonyl (C=O) groups is 2. The van der Waals surface area contributed by atoms with E-state index in [2.05, 4.69) is 10.6 Å². The van der Waals surface area contributed by atoms with Crippen molar-refractivity contribution in [3.63, 3.8) is 0 Å². The molecule has 0 unspecified atom stereocenters. The van der Waals surface area contributed by atoms with Gasteiger partial charge in [-0.15, -0.1) is 0 Å². The van der Waals surface area contributed by atoms with E-state index in [4.69, 9.17) is 11.6 Å². The Morgan fingerprint density at radius 2 is 1.70 bits per heavy atom. The van der Waals surface area contributed by atoms with Crippen molar-refractivity contribution in [1.29, 1.82) is 0 Å². The molecule has 2 N–H and O–H groups in total. The Hall–Kier alpha value is -3.43. The molecule has 0 heterocycles. The van der Waals surface area contributed by atoms with Crippen LogP contribution < -0.4 is 14.9 Å². The molecule has 0 aromatic heterocycles. The van der Waals surface area contributed by atoms with Gasteiger partial charge >= 0.3 is 0 Å². The summed E-state index contributed by atoms with van der Waals surface area (Å²) in [7, 11) is -1.18. The number of amides is 2. The third-order valence-electron chi connectivity index (χ3n) is 4.90. The Morgan fingerprint density at radius 1 is 1.00 bits per heavy atom. The van der Waals surface area contributed by atoms with Gasteiger partial charge in [-0.3, -0.25) is 13.9 Å². The molecule has 172 valence electrons. The van der Waals surface area contributed by atoms with E-state index < -0.39 is 21.7 Å². The zero-order chi connectivity index (χ0) is 24.2. The van der Waals surface area contributed by atoms with E-state index in [9.17, 15) is 22.4 Å². The molecule has 3 aromatic carbocycles. The number of hydrogen-bond acceptors (Lipinski definition) is 4. The van der Waals surface area contributed by atoms with Crippen molar-refractivity contribution < 1.29 is 22.4 Å². The minimum absolute atomic E-state index is 0.0206. The van der Waals surface area contributed by atoms with Crippen molar-refractivity contribution in [3.8, 4) is 0 Å². The molecule has 7 nitrogen and oxygen atoms in total. The fraction of sp³-hybridized carbons (Fsp3) is 0.130. The summed E-state index contributed by atoms with van der Waals surface area (Å²) >= 11 is 6.16. The summed E-state index contributed by atoms with van der Waals surface area (Å²) in [5.74, 6) is -1.32. The molecule has 3 aromatic rings. The summed E-state index contributed by atoms with van der Waals surface area (Å²) < 4.78 is 40.2. The van der Waals surface area contributed by atoms with Gasteiger partial charge in [-0.1, -0.05) is 23.7 Å².